The number of H-pyrrole nitrogens is 1. The molecule has 2 aromatic carbocycles. The van der Waals surface area contributed by atoms with Gasteiger partial charge in [0, 0.05) is 55.7 Å². The van der Waals surface area contributed by atoms with Gasteiger partial charge in [-0.25, -0.2) is 0 Å². The van der Waals surface area contributed by atoms with E-state index in [0.29, 0.717) is 56.2 Å². The lowest BCUT2D eigenvalue weighted by molar-refractivity contribution is -0.142. The zero-order valence-electron chi connectivity index (χ0n) is 24.9. The van der Waals surface area contributed by atoms with Gasteiger partial charge in [-0.1, -0.05) is 62.7 Å². The normalized spacial score (nSPS) is 18.1. The Morgan fingerprint density at radius 2 is 1.84 bits per heavy atom. The van der Waals surface area contributed by atoms with Crippen molar-refractivity contribution in [3.63, 3.8) is 0 Å². The molecule has 0 spiro atoms. The van der Waals surface area contributed by atoms with E-state index in [2.05, 4.69) is 36.0 Å². The second-order valence-corrected chi connectivity index (χ2v) is 13.6. The van der Waals surface area contributed by atoms with E-state index < -0.39 is 5.92 Å². The summed E-state index contributed by atoms with van der Waals surface area (Å²) in [7, 11) is 0. The fraction of sp³-hybridized carbons (Fsp3) is 0.412. The van der Waals surface area contributed by atoms with Crippen LogP contribution in [0, 0.1) is 11.3 Å². The molecule has 0 radical (unpaired) electrons. The molecule has 224 valence electrons. The van der Waals surface area contributed by atoms with E-state index in [1.807, 2.05) is 52.4 Å². The first kappa shape index (κ1) is 29.2. The van der Waals surface area contributed by atoms with Crippen molar-refractivity contribution in [1.29, 1.82) is 0 Å². The highest BCUT2D eigenvalue weighted by molar-refractivity contribution is 6.35. The van der Waals surface area contributed by atoms with Crippen LogP contribution >= 0.6 is 11.6 Å². The van der Waals surface area contributed by atoms with Gasteiger partial charge in [0.05, 0.1) is 28.3 Å². The summed E-state index contributed by atoms with van der Waals surface area (Å²) in [6, 6.07) is 13.6. The van der Waals surface area contributed by atoms with Gasteiger partial charge >= 0.3 is 0 Å². The third kappa shape index (κ3) is 6.11. The quantitative estimate of drug-likeness (QED) is 0.279. The van der Waals surface area contributed by atoms with Crippen LogP contribution in [0.25, 0.3) is 22.0 Å². The van der Waals surface area contributed by atoms with E-state index in [9.17, 15) is 14.7 Å². The van der Waals surface area contributed by atoms with E-state index in [0.717, 1.165) is 33.2 Å². The number of carbonyl (C=O) groups is 2. The number of aromatic nitrogens is 3. The lowest BCUT2D eigenvalue weighted by atomic mass is 9.90. The molecule has 2 aliphatic heterocycles. The highest BCUT2D eigenvalue weighted by Crippen LogP contribution is 2.37. The summed E-state index contributed by atoms with van der Waals surface area (Å²) < 4.78 is 0. The van der Waals surface area contributed by atoms with Gasteiger partial charge in [-0.15, -0.1) is 0 Å². The van der Waals surface area contributed by atoms with Gasteiger partial charge in [-0.3, -0.25) is 19.7 Å². The van der Waals surface area contributed by atoms with Gasteiger partial charge < -0.3 is 14.9 Å². The van der Waals surface area contributed by atoms with Gasteiger partial charge in [0.2, 0.25) is 11.8 Å². The molecule has 0 saturated carbocycles. The maximum absolute atomic E-state index is 13.9. The topological polar surface area (TPSA) is 102 Å². The van der Waals surface area contributed by atoms with Gasteiger partial charge in [0.15, 0.2) is 0 Å². The maximum atomic E-state index is 13.9. The third-order valence-corrected chi connectivity index (χ3v) is 8.99. The number of halogens is 1. The second-order valence-electron chi connectivity index (χ2n) is 13.2. The number of amides is 2. The summed E-state index contributed by atoms with van der Waals surface area (Å²) >= 11 is 6.59. The van der Waals surface area contributed by atoms with Gasteiger partial charge in [-0.05, 0) is 53.5 Å². The van der Waals surface area contributed by atoms with Crippen molar-refractivity contribution in [1.82, 2.24) is 25.0 Å². The number of nitrogens with one attached hydrogen (secondary N) is 1. The average molecular weight is 600 g/mol. The molecule has 2 aromatic heterocycles. The van der Waals surface area contributed by atoms with Crippen molar-refractivity contribution in [2.24, 2.45) is 11.3 Å². The van der Waals surface area contributed by atoms with Crippen LogP contribution in [-0.4, -0.2) is 61.5 Å². The van der Waals surface area contributed by atoms with E-state index in [4.69, 9.17) is 11.6 Å². The molecule has 4 aromatic rings. The largest absolute Gasteiger partial charge is 0.506 e. The van der Waals surface area contributed by atoms with E-state index >= 15 is 0 Å². The van der Waals surface area contributed by atoms with Crippen molar-refractivity contribution >= 4 is 34.3 Å². The van der Waals surface area contributed by atoms with Crippen molar-refractivity contribution in [3.8, 4) is 16.9 Å². The molecule has 0 unspecified atom stereocenters. The van der Waals surface area contributed by atoms with Crippen LogP contribution in [0.15, 0.2) is 54.9 Å². The van der Waals surface area contributed by atoms with Crippen LogP contribution in [0.2, 0.25) is 5.02 Å². The molecule has 9 heteroatoms. The van der Waals surface area contributed by atoms with Gasteiger partial charge in [-0.2, -0.15) is 5.10 Å². The minimum atomic E-state index is -0.467. The fourth-order valence-corrected chi connectivity index (χ4v) is 6.88. The number of aromatic hydroxyl groups is 1. The molecule has 43 heavy (non-hydrogen) atoms. The molecular weight excluding hydrogens is 562 g/mol. The van der Waals surface area contributed by atoms with Crippen LogP contribution in [0.5, 0.6) is 5.75 Å². The average Bonchev–Trinajstić information content (AvgIpc) is 3.44. The first-order chi connectivity index (χ1) is 20.6. The van der Waals surface area contributed by atoms with Crippen LogP contribution in [-0.2, 0) is 22.6 Å². The molecule has 2 N–H and O–H groups in total. The Kier molecular flexibility index (Phi) is 7.90. The number of likely N-dealkylation sites (tertiary alicyclic amines) is 1. The summed E-state index contributed by atoms with van der Waals surface area (Å²) in [5.74, 6) is -0.205. The molecule has 8 nitrogen and oxygen atoms in total. The summed E-state index contributed by atoms with van der Waals surface area (Å²) in [4.78, 5) is 36.0. The number of nitrogens with zero attached hydrogens (tertiary/aromatic N) is 4. The maximum Gasteiger partial charge on any atom is 0.226 e. The number of rotatable bonds is 5. The van der Waals surface area contributed by atoms with Gasteiger partial charge in [0.25, 0.3) is 0 Å². The van der Waals surface area contributed by atoms with Crippen molar-refractivity contribution in [3.05, 3.63) is 76.7 Å². The van der Waals surface area contributed by atoms with Crippen molar-refractivity contribution in [2.45, 2.75) is 58.9 Å². The highest BCUT2D eigenvalue weighted by atomic mass is 35.5. The summed E-state index contributed by atoms with van der Waals surface area (Å²) in [5, 5.41) is 19.5. The third-order valence-electron chi connectivity index (χ3n) is 8.69. The number of benzene rings is 2. The second kappa shape index (κ2) is 11.6. The Labute approximate surface area is 257 Å². The van der Waals surface area contributed by atoms with Gasteiger partial charge in [0.1, 0.15) is 5.75 Å². The molecular formula is C34H38ClN5O3. The number of piperidine rings is 1. The molecule has 1 fully saturated rings. The number of aromatic amines is 1. The number of carbonyl (C=O) groups excluding carboxylic acids is 2. The highest BCUT2D eigenvalue weighted by Gasteiger charge is 2.36. The van der Waals surface area contributed by atoms with Crippen molar-refractivity contribution < 1.29 is 14.7 Å². The Balaban J connectivity index is 1.16. The Morgan fingerprint density at radius 3 is 2.53 bits per heavy atom. The smallest absolute Gasteiger partial charge is 0.226 e. The first-order valence-corrected chi connectivity index (χ1v) is 15.4. The summed E-state index contributed by atoms with van der Waals surface area (Å²) in [5.41, 5.74) is 5.29. The van der Waals surface area contributed by atoms with Crippen LogP contribution < -0.4 is 0 Å². The lowest BCUT2D eigenvalue weighted by Gasteiger charge is -2.34. The molecule has 0 bridgehead atoms. The first-order valence-electron chi connectivity index (χ1n) is 15.0. The fourth-order valence-electron chi connectivity index (χ4n) is 6.61. The van der Waals surface area contributed by atoms with E-state index in [1.165, 1.54) is 0 Å². The summed E-state index contributed by atoms with van der Waals surface area (Å²) in [6.07, 6.45) is 5.62. The minimum absolute atomic E-state index is 0.00903. The molecule has 2 aliphatic rings. The molecule has 1 saturated heterocycles. The molecule has 6 rings (SSSR count). The number of hydrogen-bond acceptors (Lipinski definition) is 5. The SMILES string of the molecule is CC(C)(C)CN1Cc2c(cc(Cl)c3[nH]ncc23)C[C@@H](CC(=O)N2CCC(c3ncc(-c4ccccc4)cc3O)CC2)C1=O. The van der Waals surface area contributed by atoms with E-state index in [-0.39, 0.29) is 35.3 Å². The van der Waals surface area contributed by atoms with Crippen LogP contribution in [0.1, 0.15) is 62.8 Å². The standard InChI is InChI=1S/C34H38ClN5O3/c1-34(2,3)20-40-19-27-23(14-28(35)32-26(27)18-37-38-32)13-24(33(40)43)16-30(42)39-11-9-22(10-12-39)31-29(41)15-25(17-36-31)21-7-5-4-6-8-21/h4-8,14-15,17-18,22,24,41H,9-13,16,19-20H2,1-3H3,(H,37,38)/t24-/m0/s1. The Bertz CT molecular complexity index is 1650. The van der Waals surface area contributed by atoms with Crippen LogP contribution in [0.4, 0.5) is 0 Å². The zero-order valence-corrected chi connectivity index (χ0v) is 25.7. The lowest BCUT2D eigenvalue weighted by Crippen LogP contribution is -2.43. The number of fused-ring (bicyclic) bond motifs is 3. The summed E-state index contributed by atoms with van der Waals surface area (Å²) in [6.45, 7) is 8.54. The molecule has 1 atom stereocenters. The Morgan fingerprint density at radius 1 is 1.09 bits per heavy atom. The van der Waals surface area contributed by atoms with E-state index in [1.54, 1.807) is 12.3 Å². The molecule has 2 amide bonds. The molecule has 0 aliphatic carbocycles. The Hall–Kier alpha value is -3.91. The predicted molar refractivity (Wildman–Crippen MR) is 168 cm³/mol. The van der Waals surface area contributed by atoms with Crippen molar-refractivity contribution in [2.75, 3.05) is 19.6 Å². The predicted octanol–water partition coefficient (Wildman–Crippen LogP) is 6.33. The number of pyridine rings is 1. The molecule has 4 heterocycles. The zero-order chi connectivity index (χ0) is 30.3. The minimum Gasteiger partial charge on any atom is -0.506 e. The number of hydrogen-bond donors (Lipinski definition) is 2. The monoisotopic (exact) mass is 599 g/mol. The van der Waals surface area contributed by atoms with Crippen LogP contribution in [0.3, 0.4) is 0 Å².